The molecule has 108 valence electrons. The first-order valence-corrected chi connectivity index (χ1v) is 7.56. The van der Waals surface area contributed by atoms with Crippen LogP contribution in [0, 0.1) is 0 Å². The number of fused-ring (bicyclic) bond motifs is 2. The molecule has 19 heavy (non-hydrogen) atoms. The van der Waals surface area contributed by atoms with E-state index in [0.29, 0.717) is 18.1 Å². The molecule has 5 heteroatoms. The van der Waals surface area contributed by atoms with Crippen molar-refractivity contribution < 1.29 is 4.79 Å². The molecule has 2 atom stereocenters. The Kier molecular flexibility index (Phi) is 3.43. The summed E-state index contributed by atoms with van der Waals surface area (Å²) < 4.78 is 0. The minimum absolute atomic E-state index is 0.270. The number of amides is 2. The van der Waals surface area contributed by atoms with E-state index in [2.05, 4.69) is 35.6 Å². The zero-order chi connectivity index (χ0) is 13.6. The van der Waals surface area contributed by atoms with E-state index in [1.54, 1.807) is 0 Å². The Morgan fingerprint density at radius 1 is 1.00 bits per heavy atom. The lowest BCUT2D eigenvalue weighted by Gasteiger charge is -2.58. The van der Waals surface area contributed by atoms with Crippen LogP contribution in [0.25, 0.3) is 0 Å². The largest absolute Gasteiger partial charge is 0.322 e. The lowest BCUT2D eigenvalue weighted by atomic mass is 9.86. The maximum Gasteiger partial charge on any atom is 0.320 e. The van der Waals surface area contributed by atoms with E-state index in [-0.39, 0.29) is 6.03 Å². The van der Waals surface area contributed by atoms with Gasteiger partial charge in [-0.05, 0) is 27.3 Å². The maximum atomic E-state index is 12.5. The summed E-state index contributed by atoms with van der Waals surface area (Å²) in [5.74, 6) is 0. The molecule has 2 amide bonds. The van der Waals surface area contributed by atoms with Crippen molar-refractivity contribution >= 4 is 6.03 Å². The molecule has 0 aromatic carbocycles. The van der Waals surface area contributed by atoms with E-state index < -0.39 is 0 Å². The van der Waals surface area contributed by atoms with Crippen LogP contribution >= 0.6 is 0 Å². The van der Waals surface area contributed by atoms with Gasteiger partial charge in [0.15, 0.2) is 0 Å². The summed E-state index contributed by atoms with van der Waals surface area (Å²) in [5, 5.41) is 0. The van der Waals surface area contributed by atoms with Gasteiger partial charge < -0.3 is 14.7 Å². The van der Waals surface area contributed by atoms with Crippen LogP contribution in [-0.2, 0) is 0 Å². The summed E-state index contributed by atoms with van der Waals surface area (Å²) in [5.41, 5.74) is 0. The Morgan fingerprint density at radius 2 is 1.58 bits per heavy atom. The molecule has 0 aromatic rings. The number of hydrogen-bond acceptors (Lipinski definition) is 3. The number of likely N-dealkylation sites (N-methyl/N-ethyl adjacent to an activating group) is 1. The second-order valence-corrected chi connectivity index (χ2v) is 6.56. The van der Waals surface area contributed by atoms with Crippen LogP contribution in [0.4, 0.5) is 4.79 Å². The average Bonchev–Trinajstić information content (AvgIpc) is 2.38. The second-order valence-electron chi connectivity index (χ2n) is 6.56. The van der Waals surface area contributed by atoms with Gasteiger partial charge in [0.05, 0.1) is 0 Å². The molecule has 4 saturated heterocycles. The van der Waals surface area contributed by atoms with Crippen LogP contribution in [0.15, 0.2) is 0 Å². The van der Waals surface area contributed by atoms with Crippen molar-refractivity contribution in [1.29, 1.82) is 0 Å². The van der Waals surface area contributed by atoms with Crippen molar-refractivity contribution in [2.24, 2.45) is 0 Å². The SMILES string of the molecule is CC(C)N1C2CC1CN(C(=O)N1CCN(C)CC1)C2. The van der Waals surface area contributed by atoms with Gasteiger partial charge in [-0.25, -0.2) is 4.79 Å². The van der Waals surface area contributed by atoms with Gasteiger partial charge in [0.2, 0.25) is 0 Å². The Hall–Kier alpha value is -0.810. The van der Waals surface area contributed by atoms with Gasteiger partial charge in [-0.2, -0.15) is 0 Å². The zero-order valence-corrected chi connectivity index (χ0v) is 12.4. The van der Waals surface area contributed by atoms with Crippen LogP contribution < -0.4 is 0 Å². The fraction of sp³-hybridized carbons (Fsp3) is 0.929. The summed E-state index contributed by atoms with van der Waals surface area (Å²) in [4.78, 5) is 21.5. The maximum absolute atomic E-state index is 12.5. The summed E-state index contributed by atoms with van der Waals surface area (Å²) in [7, 11) is 2.12. The predicted molar refractivity (Wildman–Crippen MR) is 75.2 cm³/mol. The molecule has 5 nitrogen and oxygen atoms in total. The van der Waals surface area contributed by atoms with Crippen molar-refractivity contribution in [2.75, 3.05) is 46.3 Å². The van der Waals surface area contributed by atoms with Crippen LogP contribution in [-0.4, -0.2) is 90.1 Å². The molecule has 0 spiro atoms. The molecule has 2 bridgehead atoms. The van der Waals surface area contributed by atoms with Crippen molar-refractivity contribution in [3.8, 4) is 0 Å². The van der Waals surface area contributed by atoms with E-state index in [1.165, 1.54) is 6.42 Å². The monoisotopic (exact) mass is 266 g/mol. The quantitative estimate of drug-likeness (QED) is 0.693. The summed E-state index contributed by atoms with van der Waals surface area (Å²) >= 11 is 0. The Morgan fingerprint density at radius 3 is 2.11 bits per heavy atom. The molecule has 0 saturated carbocycles. The van der Waals surface area contributed by atoms with Crippen LogP contribution in [0.5, 0.6) is 0 Å². The first-order chi connectivity index (χ1) is 9.06. The molecule has 2 unspecified atom stereocenters. The fourth-order valence-corrected chi connectivity index (χ4v) is 3.84. The van der Waals surface area contributed by atoms with E-state index in [0.717, 1.165) is 39.3 Å². The molecule has 4 heterocycles. The molecule has 0 N–H and O–H groups in total. The number of rotatable bonds is 1. The zero-order valence-electron chi connectivity index (χ0n) is 12.4. The number of hydrogen-bond donors (Lipinski definition) is 0. The van der Waals surface area contributed by atoms with Gasteiger partial charge in [0.25, 0.3) is 0 Å². The lowest BCUT2D eigenvalue weighted by molar-refractivity contribution is -0.0783. The summed E-state index contributed by atoms with van der Waals surface area (Å²) in [6.45, 7) is 10.2. The van der Waals surface area contributed by atoms with Gasteiger partial charge in [0, 0.05) is 57.4 Å². The minimum Gasteiger partial charge on any atom is -0.322 e. The third kappa shape index (κ3) is 2.34. The summed E-state index contributed by atoms with van der Waals surface area (Å²) in [6.07, 6.45) is 1.28. The molecule has 0 aliphatic carbocycles. The average molecular weight is 266 g/mol. The Balaban J connectivity index is 1.56. The highest BCUT2D eigenvalue weighted by Crippen LogP contribution is 2.34. The summed E-state index contributed by atoms with van der Waals surface area (Å²) in [6, 6.07) is 2.10. The van der Waals surface area contributed by atoms with Crippen LogP contribution in [0.3, 0.4) is 0 Å². The van der Waals surface area contributed by atoms with Crippen molar-refractivity contribution in [3.63, 3.8) is 0 Å². The van der Waals surface area contributed by atoms with Crippen LogP contribution in [0.1, 0.15) is 20.3 Å². The molecule has 0 aromatic heterocycles. The number of nitrogens with zero attached hydrogens (tertiary/aromatic N) is 4. The first kappa shape index (κ1) is 13.2. The molecule has 4 fully saturated rings. The third-order valence-corrected chi connectivity index (χ3v) is 4.89. The number of piperazine rings is 2. The Bertz CT molecular complexity index is 339. The van der Waals surface area contributed by atoms with Gasteiger partial charge in [-0.3, -0.25) is 4.90 Å². The molecule has 4 aliphatic rings. The van der Waals surface area contributed by atoms with Crippen LogP contribution in [0.2, 0.25) is 0 Å². The normalized spacial score (nSPS) is 32.6. The molecule has 4 aliphatic heterocycles. The van der Waals surface area contributed by atoms with Gasteiger partial charge in [0.1, 0.15) is 0 Å². The topological polar surface area (TPSA) is 30.0 Å². The smallest absolute Gasteiger partial charge is 0.320 e. The van der Waals surface area contributed by atoms with Gasteiger partial charge in [-0.1, -0.05) is 0 Å². The highest BCUT2D eigenvalue weighted by atomic mass is 16.2. The number of urea groups is 1. The highest BCUT2D eigenvalue weighted by molar-refractivity contribution is 5.75. The molecular weight excluding hydrogens is 240 g/mol. The van der Waals surface area contributed by atoms with Gasteiger partial charge >= 0.3 is 6.03 Å². The number of piperidine rings is 1. The minimum atomic E-state index is 0.270. The molecule has 4 rings (SSSR count). The van der Waals surface area contributed by atoms with Crippen molar-refractivity contribution in [3.05, 3.63) is 0 Å². The molecule has 0 radical (unpaired) electrons. The first-order valence-electron chi connectivity index (χ1n) is 7.56. The number of carbonyl (C=O) groups is 1. The van der Waals surface area contributed by atoms with Crippen molar-refractivity contribution in [2.45, 2.75) is 38.4 Å². The highest BCUT2D eigenvalue weighted by Gasteiger charge is 2.47. The number of carbonyl (C=O) groups excluding carboxylic acids is 1. The lowest BCUT2D eigenvalue weighted by Crippen LogP contribution is -2.72. The molecular formula is C14H26N4O. The second kappa shape index (κ2) is 4.94. The fourth-order valence-electron chi connectivity index (χ4n) is 3.84. The van der Waals surface area contributed by atoms with E-state index in [9.17, 15) is 4.79 Å². The van der Waals surface area contributed by atoms with E-state index in [1.807, 2.05) is 4.90 Å². The van der Waals surface area contributed by atoms with E-state index in [4.69, 9.17) is 0 Å². The van der Waals surface area contributed by atoms with E-state index >= 15 is 0 Å². The standard InChI is InChI=1S/C14H26N4O/c1-11(2)18-12-8-13(18)10-17(9-12)14(19)16-6-4-15(3)5-7-16/h11-13H,4-10H2,1-3H3. The van der Waals surface area contributed by atoms with Gasteiger partial charge in [-0.15, -0.1) is 0 Å². The van der Waals surface area contributed by atoms with Crippen molar-refractivity contribution in [1.82, 2.24) is 19.6 Å². The Labute approximate surface area is 116 Å². The predicted octanol–water partition coefficient (Wildman–Crippen LogP) is 0.521. The third-order valence-electron chi connectivity index (χ3n) is 4.89.